The summed E-state index contributed by atoms with van der Waals surface area (Å²) >= 11 is 0. The Hall–Kier alpha value is -0.130. The lowest BCUT2D eigenvalue weighted by molar-refractivity contribution is 0.103. The second-order valence-corrected chi connectivity index (χ2v) is 6.79. The zero-order chi connectivity index (χ0) is 10.9. The van der Waals surface area contributed by atoms with Crippen molar-refractivity contribution in [3.63, 3.8) is 0 Å². The Balaban J connectivity index is 1.87. The first-order chi connectivity index (χ1) is 7.08. The zero-order valence-corrected chi connectivity index (χ0v) is 9.75. The molecule has 1 N–H and O–H groups in total. The number of sulfonamides is 1. The minimum Gasteiger partial charge on any atom is -0.393 e. The summed E-state index contributed by atoms with van der Waals surface area (Å²) in [5.74, 6) is 0.781. The molecule has 88 valence electrons. The molecule has 1 saturated heterocycles. The van der Waals surface area contributed by atoms with Crippen molar-refractivity contribution in [1.82, 2.24) is 4.31 Å². The van der Waals surface area contributed by atoms with E-state index < -0.39 is 10.0 Å². The molecule has 2 fully saturated rings. The highest BCUT2D eigenvalue weighted by atomic mass is 32.2. The van der Waals surface area contributed by atoms with Gasteiger partial charge >= 0.3 is 0 Å². The normalized spacial score (nSPS) is 36.9. The Morgan fingerprint density at radius 2 is 1.87 bits per heavy atom. The first kappa shape index (κ1) is 11.4. The standard InChI is InChI=1S/C10H19NO3S/c12-10-4-2-9(3-5-10)8-11-6-1-7-15(11,13)14/h9-10,12H,1-8H2. The van der Waals surface area contributed by atoms with Crippen molar-refractivity contribution in [1.29, 1.82) is 0 Å². The third-order valence-electron chi connectivity index (χ3n) is 3.48. The van der Waals surface area contributed by atoms with Crippen LogP contribution in [0.25, 0.3) is 0 Å². The van der Waals surface area contributed by atoms with E-state index in [0.717, 1.165) is 32.1 Å². The van der Waals surface area contributed by atoms with Crippen LogP contribution in [0, 0.1) is 5.92 Å². The number of hydrogen-bond acceptors (Lipinski definition) is 3. The van der Waals surface area contributed by atoms with Gasteiger partial charge in [-0.3, -0.25) is 0 Å². The molecular formula is C10H19NO3S. The van der Waals surface area contributed by atoms with E-state index in [0.29, 0.717) is 24.8 Å². The summed E-state index contributed by atoms with van der Waals surface area (Å²) in [6, 6.07) is 0. The zero-order valence-electron chi connectivity index (χ0n) is 8.93. The van der Waals surface area contributed by atoms with Gasteiger partial charge in [-0.2, -0.15) is 0 Å². The molecule has 5 heteroatoms. The molecule has 4 nitrogen and oxygen atoms in total. The second-order valence-electron chi connectivity index (χ2n) is 4.70. The van der Waals surface area contributed by atoms with Gasteiger partial charge in [0.25, 0.3) is 0 Å². The molecule has 0 radical (unpaired) electrons. The molecule has 2 rings (SSSR count). The smallest absolute Gasteiger partial charge is 0.214 e. The Morgan fingerprint density at radius 1 is 1.20 bits per heavy atom. The van der Waals surface area contributed by atoms with Gasteiger partial charge in [-0.05, 0) is 38.0 Å². The molecule has 15 heavy (non-hydrogen) atoms. The number of aliphatic hydroxyl groups is 1. The number of nitrogens with zero attached hydrogens (tertiary/aromatic N) is 1. The molecule has 0 aromatic heterocycles. The molecule has 0 spiro atoms. The van der Waals surface area contributed by atoms with Crippen LogP contribution in [0.15, 0.2) is 0 Å². The van der Waals surface area contributed by atoms with E-state index in [-0.39, 0.29) is 6.10 Å². The number of hydrogen-bond donors (Lipinski definition) is 1. The van der Waals surface area contributed by atoms with Gasteiger partial charge in [0.05, 0.1) is 11.9 Å². The predicted octanol–water partition coefficient (Wildman–Crippen LogP) is 0.573. The molecule has 1 aliphatic heterocycles. The number of aliphatic hydroxyl groups excluding tert-OH is 1. The van der Waals surface area contributed by atoms with Crippen LogP contribution in [0.2, 0.25) is 0 Å². The van der Waals surface area contributed by atoms with Gasteiger partial charge in [-0.15, -0.1) is 0 Å². The minimum absolute atomic E-state index is 0.156. The fourth-order valence-electron chi connectivity index (χ4n) is 2.51. The lowest BCUT2D eigenvalue weighted by Crippen LogP contribution is -2.33. The molecule has 0 atom stereocenters. The van der Waals surface area contributed by atoms with Crippen LogP contribution >= 0.6 is 0 Å². The highest BCUT2D eigenvalue weighted by molar-refractivity contribution is 7.89. The Morgan fingerprint density at radius 3 is 2.40 bits per heavy atom. The molecule has 2 aliphatic rings. The third-order valence-corrected chi connectivity index (χ3v) is 5.40. The quantitative estimate of drug-likeness (QED) is 0.758. The minimum atomic E-state index is -2.93. The van der Waals surface area contributed by atoms with E-state index in [1.165, 1.54) is 0 Å². The van der Waals surface area contributed by atoms with Crippen LogP contribution in [-0.4, -0.2) is 42.8 Å². The van der Waals surface area contributed by atoms with E-state index in [9.17, 15) is 13.5 Å². The van der Waals surface area contributed by atoms with E-state index in [4.69, 9.17) is 0 Å². The van der Waals surface area contributed by atoms with Crippen molar-refractivity contribution in [3.05, 3.63) is 0 Å². The van der Waals surface area contributed by atoms with Crippen LogP contribution in [0.5, 0.6) is 0 Å². The lowest BCUT2D eigenvalue weighted by Gasteiger charge is -2.28. The summed E-state index contributed by atoms with van der Waals surface area (Å²) in [6.45, 7) is 1.37. The average Bonchev–Trinajstić information content (AvgIpc) is 2.50. The van der Waals surface area contributed by atoms with Crippen molar-refractivity contribution < 1.29 is 13.5 Å². The Labute approximate surface area is 91.3 Å². The first-order valence-corrected chi connectivity index (χ1v) is 7.35. The summed E-state index contributed by atoms with van der Waals surface area (Å²) in [6.07, 6.45) is 4.21. The fourth-order valence-corrected chi connectivity index (χ4v) is 4.11. The van der Waals surface area contributed by atoms with Crippen LogP contribution in [0.3, 0.4) is 0 Å². The molecule has 0 aromatic carbocycles. The van der Waals surface area contributed by atoms with Crippen LogP contribution in [-0.2, 0) is 10.0 Å². The maximum absolute atomic E-state index is 11.6. The fraction of sp³-hybridized carbons (Fsp3) is 1.00. The van der Waals surface area contributed by atoms with E-state index in [1.807, 2.05) is 0 Å². The van der Waals surface area contributed by atoms with Crippen molar-refractivity contribution in [3.8, 4) is 0 Å². The largest absolute Gasteiger partial charge is 0.393 e. The molecule has 0 aromatic rings. The summed E-state index contributed by atoms with van der Waals surface area (Å²) in [5, 5.41) is 9.36. The topological polar surface area (TPSA) is 57.6 Å². The van der Waals surface area contributed by atoms with Gasteiger partial charge in [-0.25, -0.2) is 12.7 Å². The van der Waals surface area contributed by atoms with E-state index in [1.54, 1.807) is 4.31 Å². The second kappa shape index (κ2) is 4.39. The monoisotopic (exact) mass is 233 g/mol. The summed E-state index contributed by atoms with van der Waals surface area (Å²) < 4.78 is 24.8. The maximum atomic E-state index is 11.6. The van der Waals surface area contributed by atoms with E-state index in [2.05, 4.69) is 0 Å². The molecule has 0 amide bonds. The van der Waals surface area contributed by atoms with E-state index >= 15 is 0 Å². The van der Waals surface area contributed by atoms with Gasteiger partial charge < -0.3 is 5.11 Å². The van der Waals surface area contributed by atoms with Crippen molar-refractivity contribution in [2.24, 2.45) is 5.92 Å². The molecule has 1 saturated carbocycles. The maximum Gasteiger partial charge on any atom is 0.214 e. The highest BCUT2D eigenvalue weighted by Crippen LogP contribution is 2.27. The highest BCUT2D eigenvalue weighted by Gasteiger charge is 2.31. The van der Waals surface area contributed by atoms with Crippen LogP contribution in [0.4, 0.5) is 0 Å². The SMILES string of the molecule is O=S1(=O)CCCN1CC1CCC(O)CC1. The summed E-state index contributed by atoms with van der Waals surface area (Å²) in [7, 11) is -2.93. The lowest BCUT2D eigenvalue weighted by atomic mass is 9.87. The molecule has 1 heterocycles. The third kappa shape index (κ3) is 2.71. The van der Waals surface area contributed by atoms with Crippen LogP contribution < -0.4 is 0 Å². The van der Waals surface area contributed by atoms with Gasteiger partial charge in [0.2, 0.25) is 10.0 Å². The molecule has 1 aliphatic carbocycles. The molecular weight excluding hydrogens is 214 g/mol. The van der Waals surface area contributed by atoms with Crippen molar-refractivity contribution >= 4 is 10.0 Å². The van der Waals surface area contributed by atoms with Gasteiger partial charge in [-0.1, -0.05) is 0 Å². The number of rotatable bonds is 2. The predicted molar refractivity (Wildman–Crippen MR) is 57.9 cm³/mol. The summed E-state index contributed by atoms with van der Waals surface area (Å²) in [5.41, 5.74) is 0. The van der Waals surface area contributed by atoms with Crippen molar-refractivity contribution in [2.45, 2.75) is 38.2 Å². The van der Waals surface area contributed by atoms with Gasteiger partial charge in [0.15, 0.2) is 0 Å². The van der Waals surface area contributed by atoms with Crippen molar-refractivity contribution in [2.75, 3.05) is 18.8 Å². The Bertz CT molecular complexity index is 307. The summed E-state index contributed by atoms with van der Waals surface area (Å²) in [4.78, 5) is 0. The Kier molecular flexibility index (Phi) is 3.33. The van der Waals surface area contributed by atoms with Crippen LogP contribution in [0.1, 0.15) is 32.1 Å². The first-order valence-electron chi connectivity index (χ1n) is 5.74. The molecule has 0 unspecified atom stereocenters. The van der Waals surface area contributed by atoms with Gasteiger partial charge in [0, 0.05) is 13.1 Å². The molecule has 0 bridgehead atoms. The van der Waals surface area contributed by atoms with Gasteiger partial charge in [0.1, 0.15) is 0 Å². The average molecular weight is 233 g/mol.